The Balaban J connectivity index is 1.73. The Hall–Kier alpha value is -2.96. The summed E-state index contributed by atoms with van der Waals surface area (Å²) in [5.74, 6) is -0.280. The van der Waals surface area contributed by atoms with E-state index in [1.807, 2.05) is 35.7 Å². The van der Waals surface area contributed by atoms with Gasteiger partial charge in [-0.15, -0.1) is 11.3 Å². The molecule has 0 aliphatic rings. The van der Waals surface area contributed by atoms with Crippen molar-refractivity contribution in [1.82, 2.24) is 9.55 Å². The molecule has 1 amide bonds. The first-order chi connectivity index (χ1) is 13.5. The zero-order valence-corrected chi connectivity index (χ0v) is 16.5. The fourth-order valence-electron chi connectivity index (χ4n) is 2.96. The fraction of sp³-hybridized carbons (Fsp3) is 0.0952. The molecular formula is C21H16ClN3O2S. The molecule has 4 rings (SSSR count). The van der Waals surface area contributed by atoms with Gasteiger partial charge in [-0.3, -0.25) is 14.2 Å². The molecule has 0 aliphatic heterocycles. The number of benzene rings is 2. The van der Waals surface area contributed by atoms with E-state index in [2.05, 4.69) is 10.3 Å². The third-order valence-electron chi connectivity index (χ3n) is 4.51. The minimum Gasteiger partial charge on any atom is -0.324 e. The Morgan fingerprint density at radius 2 is 1.86 bits per heavy atom. The first kappa shape index (κ1) is 18.4. The second-order valence-corrected chi connectivity index (χ2v) is 7.62. The molecular weight excluding hydrogens is 394 g/mol. The van der Waals surface area contributed by atoms with Crippen molar-refractivity contribution in [2.75, 3.05) is 5.32 Å². The molecule has 2 aromatic carbocycles. The average Bonchev–Trinajstić information content (AvgIpc) is 3.14. The number of carbonyl (C=O) groups is 1. The Morgan fingerprint density at radius 3 is 2.57 bits per heavy atom. The number of hydrogen-bond acceptors (Lipinski definition) is 4. The van der Waals surface area contributed by atoms with Crippen molar-refractivity contribution in [1.29, 1.82) is 0 Å². The van der Waals surface area contributed by atoms with Crippen LogP contribution in [0.15, 0.2) is 71.1 Å². The van der Waals surface area contributed by atoms with Gasteiger partial charge >= 0.3 is 0 Å². The second-order valence-electron chi connectivity index (χ2n) is 6.32. The van der Waals surface area contributed by atoms with E-state index in [-0.39, 0.29) is 11.5 Å². The van der Waals surface area contributed by atoms with E-state index in [0.717, 1.165) is 11.1 Å². The zero-order valence-electron chi connectivity index (χ0n) is 14.9. The van der Waals surface area contributed by atoms with Crippen molar-refractivity contribution in [3.8, 4) is 11.1 Å². The van der Waals surface area contributed by atoms with Gasteiger partial charge in [-0.25, -0.2) is 4.98 Å². The van der Waals surface area contributed by atoms with Crippen molar-refractivity contribution in [3.63, 3.8) is 0 Å². The number of nitrogens with one attached hydrogen (secondary N) is 1. The number of para-hydroxylation sites is 1. The van der Waals surface area contributed by atoms with Crippen LogP contribution in [0, 0.1) is 0 Å². The molecule has 1 N–H and O–H groups in total. The van der Waals surface area contributed by atoms with Crippen LogP contribution in [0.25, 0.3) is 21.3 Å². The molecule has 28 heavy (non-hydrogen) atoms. The van der Waals surface area contributed by atoms with Crippen LogP contribution in [0.3, 0.4) is 0 Å². The predicted octanol–water partition coefficient (Wildman–Crippen LogP) is 4.98. The van der Waals surface area contributed by atoms with Crippen LogP contribution in [-0.4, -0.2) is 15.5 Å². The summed E-state index contributed by atoms with van der Waals surface area (Å²) in [6.07, 6.45) is 1.43. The number of fused-ring (bicyclic) bond motifs is 1. The van der Waals surface area contributed by atoms with Gasteiger partial charge in [0, 0.05) is 21.7 Å². The van der Waals surface area contributed by atoms with Gasteiger partial charge in [-0.2, -0.15) is 0 Å². The smallest absolute Gasteiger partial charge is 0.263 e. The number of carbonyl (C=O) groups excluding carboxylic acids is 1. The molecule has 2 aromatic heterocycles. The minimum atomic E-state index is -0.706. The van der Waals surface area contributed by atoms with Crippen LogP contribution in [0.2, 0.25) is 5.02 Å². The van der Waals surface area contributed by atoms with Gasteiger partial charge < -0.3 is 5.32 Å². The second kappa shape index (κ2) is 7.58. The summed E-state index contributed by atoms with van der Waals surface area (Å²) in [4.78, 5) is 30.8. The van der Waals surface area contributed by atoms with Gasteiger partial charge in [0.1, 0.15) is 10.9 Å². The predicted molar refractivity (Wildman–Crippen MR) is 114 cm³/mol. The number of nitrogens with zero attached hydrogens (tertiary/aromatic N) is 2. The van der Waals surface area contributed by atoms with Gasteiger partial charge in [0.2, 0.25) is 5.91 Å². The highest BCUT2D eigenvalue weighted by Gasteiger charge is 2.20. The normalized spacial score (nSPS) is 12.1. The van der Waals surface area contributed by atoms with E-state index in [9.17, 15) is 9.59 Å². The van der Waals surface area contributed by atoms with Gasteiger partial charge in [0.15, 0.2) is 0 Å². The summed E-state index contributed by atoms with van der Waals surface area (Å²) in [5, 5.41) is 5.87. The van der Waals surface area contributed by atoms with Crippen LogP contribution in [0.5, 0.6) is 0 Å². The Bertz CT molecular complexity index is 1200. The lowest BCUT2D eigenvalue weighted by atomic mass is 10.1. The number of halogens is 1. The standard InChI is InChI=1S/C21H16ClN3O2S/c1-13(19(26)24-16-5-3-2-4-6-16)25-12-23-20-18(21(25)27)17(11-28-20)14-7-9-15(22)10-8-14/h2-13H,1H3,(H,24,26). The molecule has 0 radical (unpaired) electrons. The number of rotatable bonds is 4. The molecule has 5 nitrogen and oxygen atoms in total. The number of amides is 1. The molecule has 7 heteroatoms. The first-order valence-electron chi connectivity index (χ1n) is 8.65. The minimum absolute atomic E-state index is 0.244. The Kier molecular flexibility index (Phi) is 4.98. The molecule has 140 valence electrons. The molecule has 0 fully saturated rings. The van der Waals surface area contributed by atoms with Gasteiger partial charge in [0.25, 0.3) is 5.56 Å². The van der Waals surface area contributed by atoms with Crippen molar-refractivity contribution in [2.45, 2.75) is 13.0 Å². The number of thiophene rings is 1. The highest BCUT2D eigenvalue weighted by molar-refractivity contribution is 7.17. The molecule has 0 aliphatic carbocycles. The molecule has 0 bridgehead atoms. The zero-order chi connectivity index (χ0) is 19.7. The quantitative estimate of drug-likeness (QED) is 0.517. The highest BCUT2D eigenvalue weighted by Crippen LogP contribution is 2.31. The maximum absolute atomic E-state index is 13.2. The maximum Gasteiger partial charge on any atom is 0.263 e. The summed E-state index contributed by atoms with van der Waals surface area (Å²) >= 11 is 7.37. The van der Waals surface area contributed by atoms with E-state index in [1.165, 1.54) is 22.2 Å². The summed E-state index contributed by atoms with van der Waals surface area (Å²) in [5.41, 5.74) is 2.11. The maximum atomic E-state index is 13.2. The summed E-state index contributed by atoms with van der Waals surface area (Å²) < 4.78 is 1.37. The van der Waals surface area contributed by atoms with Crippen LogP contribution in [-0.2, 0) is 4.79 Å². The van der Waals surface area contributed by atoms with Crippen molar-refractivity contribution in [2.24, 2.45) is 0 Å². The lowest BCUT2D eigenvalue weighted by molar-refractivity contribution is -0.118. The van der Waals surface area contributed by atoms with Crippen LogP contribution < -0.4 is 10.9 Å². The van der Waals surface area contributed by atoms with Crippen LogP contribution in [0.4, 0.5) is 5.69 Å². The lowest BCUT2D eigenvalue weighted by Crippen LogP contribution is -2.31. The van der Waals surface area contributed by atoms with Crippen molar-refractivity contribution in [3.05, 3.63) is 81.7 Å². The summed E-state index contributed by atoms with van der Waals surface area (Å²) in [6.45, 7) is 1.68. The number of anilines is 1. The van der Waals surface area contributed by atoms with E-state index in [0.29, 0.717) is 20.9 Å². The topological polar surface area (TPSA) is 64.0 Å². The van der Waals surface area contributed by atoms with Gasteiger partial charge in [0.05, 0.1) is 11.7 Å². The molecule has 2 heterocycles. The molecule has 0 saturated carbocycles. The first-order valence-corrected chi connectivity index (χ1v) is 9.90. The molecule has 0 saturated heterocycles. The third-order valence-corrected chi connectivity index (χ3v) is 5.65. The van der Waals surface area contributed by atoms with E-state index in [4.69, 9.17) is 11.6 Å². The Morgan fingerprint density at radius 1 is 1.14 bits per heavy atom. The molecule has 0 spiro atoms. The van der Waals surface area contributed by atoms with E-state index >= 15 is 0 Å². The van der Waals surface area contributed by atoms with E-state index in [1.54, 1.807) is 31.2 Å². The largest absolute Gasteiger partial charge is 0.324 e. The SMILES string of the molecule is CC(C(=O)Nc1ccccc1)n1cnc2scc(-c3ccc(Cl)cc3)c2c1=O. The monoisotopic (exact) mass is 409 g/mol. The lowest BCUT2D eigenvalue weighted by Gasteiger charge is -2.15. The molecule has 1 atom stereocenters. The highest BCUT2D eigenvalue weighted by atomic mass is 35.5. The van der Waals surface area contributed by atoms with Crippen LogP contribution >= 0.6 is 22.9 Å². The van der Waals surface area contributed by atoms with Crippen molar-refractivity contribution < 1.29 is 4.79 Å². The Labute approximate surface area is 170 Å². The third kappa shape index (κ3) is 3.44. The van der Waals surface area contributed by atoms with Gasteiger partial charge in [-0.1, -0.05) is 41.9 Å². The summed E-state index contributed by atoms with van der Waals surface area (Å²) in [7, 11) is 0. The van der Waals surface area contributed by atoms with Gasteiger partial charge in [-0.05, 0) is 36.8 Å². The van der Waals surface area contributed by atoms with E-state index < -0.39 is 6.04 Å². The molecule has 1 unspecified atom stereocenters. The average molecular weight is 410 g/mol. The number of aromatic nitrogens is 2. The molecule has 4 aromatic rings. The van der Waals surface area contributed by atoms with Crippen molar-refractivity contribution >= 4 is 44.7 Å². The van der Waals surface area contributed by atoms with Crippen LogP contribution in [0.1, 0.15) is 13.0 Å². The summed E-state index contributed by atoms with van der Waals surface area (Å²) in [6, 6.07) is 15.7. The number of hydrogen-bond donors (Lipinski definition) is 1. The fourth-order valence-corrected chi connectivity index (χ4v) is 3.99.